The van der Waals surface area contributed by atoms with Crippen molar-refractivity contribution in [1.82, 2.24) is 15.2 Å². The molecule has 1 aliphatic carbocycles. The SMILES string of the molecule is CC(C)(C)NC(=O)[C@H](c1cccnc1)N(C(=O)[C@H]1CSC(=O)C1)C1CCCC1. The molecular formula is C21H29N3O3S. The molecule has 7 heteroatoms. The smallest absolute Gasteiger partial charge is 0.247 e. The highest BCUT2D eigenvalue weighted by atomic mass is 32.2. The fraction of sp³-hybridized carbons (Fsp3) is 0.619. The fourth-order valence-corrected chi connectivity index (χ4v) is 4.96. The van der Waals surface area contributed by atoms with Crippen LogP contribution >= 0.6 is 11.8 Å². The van der Waals surface area contributed by atoms with Crippen molar-refractivity contribution in [2.75, 3.05) is 5.75 Å². The molecule has 1 N–H and O–H groups in total. The molecule has 152 valence electrons. The van der Waals surface area contributed by atoms with Crippen LogP contribution in [0.3, 0.4) is 0 Å². The second kappa shape index (κ2) is 8.64. The van der Waals surface area contributed by atoms with Crippen LogP contribution in [0.1, 0.15) is 64.5 Å². The molecule has 3 rings (SSSR count). The zero-order chi connectivity index (χ0) is 20.3. The number of hydrogen-bond acceptors (Lipinski definition) is 5. The van der Waals surface area contributed by atoms with Crippen molar-refractivity contribution in [2.24, 2.45) is 5.92 Å². The molecule has 0 bridgehead atoms. The summed E-state index contributed by atoms with van der Waals surface area (Å²) in [5.41, 5.74) is 0.294. The number of carbonyl (C=O) groups excluding carboxylic acids is 3. The first kappa shape index (κ1) is 20.8. The van der Waals surface area contributed by atoms with Crippen LogP contribution in [0.2, 0.25) is 0 Å². The zero-order valence-corrected chi connectivity index (χ0v) is 17.6. The van der Waals surface area contributed by atoms with Crippen LogP contribution in [0.4, 0.5) is 0 Å². The average molecular weight is 404 g/mol. The Kier molecular flexibility index (Phi) is 6.43. The number of aromatic nitrogens is 1. The predicted molar refractivity (Wildman–Crippen MR) is 110 cm³/mol. The first-order valence-electron chi connectivity index (χ1n) is 9.96. The summed E-state index contributed by atoms with van der Waals surface area (Å²) in [6, 6.07) is 2.93. The third kappa shape index (κ3) is 4.93. The van der Waals surface area contributed by atoms with Gasteiger partial charge in [0.2, 0.25) is 11.8 Å². The van der Waals surface area contributed by atoms with Crippen molar-refractivity contribution >= 4 is 28.7 Å². The van der Waals surface area contributed by atoms with Crippen molar-refractivity contribution < 1.29 is 14.4 Å². The molecule has 2 aliphatic rings. The third-order valence-electron chi connectivity index (χ3n) is 5.21. The Morgan fingerprint density at radius 1 is 1.29 bits per heavy atom. The molecule has 0 radical (unpaired) electrons. The van der Waals surface area contributed by atoms with Gasteiger partial charge in [-0.2, -0.15) is 0 Å². The second-order valence-corrected chi connectivity index (χ2v) is 9.77. The standard InChI is InChI=1S/C21H29N3O3S/c1-21(2,3)23-19(26)18(14-7-6-10-22-12-14)24(16-8-4-5-9-16)20(27)15-11-17(25)28-13-15/h6-7,10,12,15-16,18H,4-5,8-9,11,13H2,1-3H3,(H,23,26)/t15-,18+/m1/s1. The molecule has 0 unspecified atom stereocenters. The fourth-order valence-electron chi connectivity index (χ4n) is 4.00. The molecule has 1 saturated heterocycles. The number of rotatable bonds is 5. The first-order valence-corrected chi connectivity index (χ1v) is 10.9. The van der Waals surface area contributed by atoms with Gasteiger partial charge < -0.3 is 10.2 Å². The molecule has 0 spiro atoms. The van der Waals surface area contributed by atoms with Gasteiger partial charge in [0.25, 0.3) is 0 Å². The number of nitrogens with one attached hydrogen (secondary N) is 1. The highest BCUT2D eigenvalue weighted by Gasteiger charge is 2.42. The Hall–Kier alpha value is -1.89. The molecule has 6 nitrogen and oxygen atoms in total. The number of amides is 2. The molecule has 1 aromatic heterocycles. The van der Waals surface area contributed by atoms with E-state index in [9.17, 15) is 14.4 Å². The number of hydrogen-bond donors (Lipinski definition) is 1. The summed E-state index contributed by atoms with van der Waals surface area (Å²) in [7, 11) is 0. The van der Waals surface area contributed by atoms with Crippen LogP contribution in [0.15, 0.2) is 24.5 Å². The van der Waals surface area contributed by atoms with Crippen LogP contribution < -0.4 is 5.32 Å². The maximum Gasteiger partial charge on any atom is 0.247 e. The van der Waals surface area contributed by atoms with E-state index in [-0.39, 0.29) is 35.3 Å². The minimum Gasteiger partial charge on any atom is -0.349 e. The van der Waals surface area contributed by atoms with Crippen molar-refractivity contribution in [2.45, 2.75) is 70.5 Å². The molecule has 2 heterocycles. The predicted octanol–water partition coefficient (Wildman–Crippen LogP) is 3.09. The van der Waals surface area contributed by atoms with Crippen molar-refractivity contribution in [1.29, 1.82) is 0 Å². The van der Waals surface area contributed by atoms with Crippen LogP contribution in [0.25, 0.3) is 0 Å². The number of pyridine rings is 1. The Balaban J connectivity index is 1.99. The zero-order valence-electron chi connectivity index (χ0n) is 16.8. The summed E-state index contributed by atoms with van der Waals surface area (Å²) in [6.45, 7) is 5.79. The van der Waals surface area contributed by atoms with E-state index < -0.39 is 11.6 Å². The van der Waals surface area contributed by atoms with Crippen LogP contribution in [0, 0.1) is 5.92 Å². The summed E-state index contributed by atoms with van der Waals surface area (Å²) in [5, 5.41) is 3.10. The summed E-state index contributed by atoms with van der Waals surface area (Å²) in [5.74, 6) is -0.123. The minimum absolute atomic E-state index is 0.0177. The topological polar surface area (TPSA) is 79.4 Å². The number of carbonyl (C=O) groups is 3. The van der Waals surface area contributed by atoms with Crippen LogP contribution in [-0.4, -0.2) is 44.1 Å². The second-order valence-electron chi connectivity index (χ2n) is 8.70. The van der Waals surface area contributed by atoms with E-state index >= 15 is 0 Å². The Morgan fingerprint density at radius 3 is 2.54 bits per heavy atom. The summed E-state index contributed by atoms with van der Waals surface area (Å²) < 4.78 is 0. The van der Waals surface area contributed by atoms with Gasteiger partial charge in [-0.05, 0) is 39.7 Å². The van der Waals surface area contributed by atoms with E-state index in [4.69, 9.17) is 0 Å². The van der Waals surface area contributed by atoms with Crippen molar-refractivity contribution in [3.05, 3.63) is 30.1 Å². The molecule has 2 atom stereocenters. The van der Waals surface area contributed by atoms with E-state index in [1.165, 1.54) is 11.8 Å². The molecule has 28 heavy (non-hydrogen) atoms. The van der Waals surface area contributed by atoms with E-state index in [0.29, 0.717) is 11.3 Å². The molecule has 1 aliphatic heterocycles. The number of nitrogens with zero attached hydrogens (tertiary/aromatic N) is 2. The average Bonchev–Trinajstić information content (AvgIpc) is 3.30. The molecule has 1 saturated carbocycles. The summed E-state index contributed by atoms with van der Waals surface area (Å²) >= 11 is 1.22. The van der Waals surface area contributed by atoms with Gasteiger partial charge in [-0.25, -0.2) is 0 Å². The third-order valence-corrected chi connectivity index (χ3v) is 6.26. The summed E-state index contributed by atoms with van der Waals surface area (Å²) in [4.78, 5) is 44.6. The molecular weight excluding hydrogens is 374 g/mol. The quantitative estimate of drug-likeness (QED) is 0.817. The van der Waals surface area contributed by atoms with Crippen LogP contribution in [-0.2, 0) is 14.4 Å². The van der Waals surface area contributed by atoms with E-state index in [2.05, 4.69) is 10.3 Å². The lowest BCUT2D eigenvalue weighted by atomic mass is 9.97. The van der Waals surface area contributed by atoms with Crippen LogP contribution in [0.5, 0.6) is 0 Å². The Morgan fingerprint density at radius 2 is 2.00 bits per heavy atom. The lowest BCUT2D eigenvalue weighted by Gasteiger charge is -2.38. The van der Waals surface area contributed by atoms with E-state index in [1.54, 1.807) is 23.4 Å². The maximum atomic E-state index is 13.5. The van der Waals surface area contributed by atoms with Gasteiger partial charge in [0.05, 0.1) is 5.92 Å². The van der Waals surface area contributed by atoms with Gasteiger partial charge in [-0.15, -0.1) is 0 Å². The lowest BCUT2D eigenvalue weighted by molar-refractivity contribution is -0.147. The molecule has 0 aromatic carbocycles. The van der Waals surface area contributed by atoms with Crippen molar-refractivity contribution in [3.63, 3.8) is 0 Å². The van der Waals surface area contributed by atoms with Gasteiger partial charge in [0.15, 0.2) is 5.12 Å². The van der Waals surface area contributed by atoms with Gasteiger partial charge in [-0.1, -0.05) is 30.7 Å². The lowest BCUT2D eigenvalue weighted by Crippen LogP contribution is -2.53. The Bertz CT molecular complexity index is 726. The molecule has 1 aromatic rings. The largest absolute Gasteiger partial charge is 0.349 e. The monoisotopic (exact) mass is 403 g/mol. The highest BCUT2D eigenvalue weighted by Crippen LogP contribution is 2.36. The van der Waals surface area contributed by atoms with Crippen molar-refractivity contribution in [3.8, 4) is 0 Å². The first-order chi connectivity index (χ1) is 13.3. The van der Waals surface area contributed by atoms with E-state index in [1.807, 2.05) is 26.8 Å². The summed E-state index contributed by atoms with van der Waals surface area (Å²) in [6.07, 6.45) is 7.46. The normalized spacial score (nSPS) is 21.5. The number of thioether (sulfide) groups is 1. The van der Waals surface area contributed by atoms with Gasteiger partial charge in [0, 0.05) is 41.7 Å². The van der Waals surface area contributed by atoms with E-state index in [0.717, 1.165) is 25.7 Å². The van der Waals surface area contributed by atoms with Gasteiger partial charge in [-0.3, -0.25) is 19.4 Å². The van der Waals surface area contributed by atoms with Gasteiger partial charge >= 0.3 is 0 Å². The highest BCUT2D eigenvalue weighted by molar-refractivity contribution is 8.14. The van der Waals surface area contributed by atoms with Gasteiger partial charge in [0.1, 0.15) is 6.04 Å². The minimum atomic E-state index is -0.732. The molecule has 2 fully saturated rings. The molecule has 2 amide bonds. The Labute approximate surface area is 170 Å². The maximum absolute atomic E-state index is 13.5.